The summed E-state index contributed by atoms with van der Waals surface area (Å²) in [4.78, 5) is 2.29. The lowest BCUT2D eigenvalue weighted by atomic mass is 10.1. The van der Waals surface area contributed by atoms with Gasteiger partial charge < -0.3 is 15.1 Å². The normalized spacial score (nSPS) is 12.4. The molecule has 0 saturated carbocycles. The van der Waals surface area contributed by atoms with Gasteiger partial charge in [0, 0.05) is 18.8 Å². The molecule has 1 unspecified atom stereocenters. The highest BCUT2D eigenvalue weighted by Crippen LogP contribution is 2.28. The molecule has 0 radical (unpaired) electrons. The molecule has 18 heavy (non-hydrogen) atoms. The number of para-hydroxylation sites is 1. The molecule has 1 atom stereocenters. The second-order valence-electron chi connectivity index (χ2n) is 4.34. The van der Waals surface area contributed by atoms with E-state index >= 15 is 0 Å². The van der Waals surface area contributed by atoms with E-state index in [4.69, 9.17) is 10.2 Å². The van der Waals surface area contributed by atoms with Gasteiger partial charge in [0.2, 0.25) is 0 Å². The summed E-state index contributed by atoms with van der Waals surface area (Å²) < 4.78 is 5.51. The van der Waals surface area contributed by atoms with Gasteiger partial charge in [-0.2, -0.15) is 0 Å². The zero-order valence-corrected chi connectivity index (χ0v) is 11.0. The van der Waals surface area contributed by atoms with Gasteiger partial charge in [-0.3, -0.25) is 0 Å². The monoisotopic (exact) mass is 244 g/mol. The number of nitrogens with zero attached hydrogens (tertiary/aromatic N) is 1. The van der Waals surface area contributed by atoms with E-state index in [0.29, 0.717) is 6.54 Å². The van der Waals surface area contributed by atoms with Crippen LogP contribution in [-0.2, 0) is 0 Å². The first kappa shape index (κ1) is 12.7. The fourth-order valence-electron chi connectivity index (χ4n) is 2.32. The van der Waals surface area contributed by atoms with E-state index in [0.717, 1.165) is 12.3 Å². The second kappa shape index (κ2) is 5.74. The number of rotatable bonds is 5. The molecular weight excluding hydrogens is 224 g/mol. The van der Waals surface area contributed by atoms with Crippen LogP contribution in [0.25, 0.3) is 0 Å². The number of hydrogen-bond acceptors (Lipinski definition) is 3. The van der Waals surface area contributed by atoms with Crippen LogP contribution < -0.4 is 10.6 Å². The number of likely N-dealkylation sites (N-methyl/N-ethyl adjacent to an activating group) is 1. The summed E-state index contributed by atoms with van der Waals surface area (Å²) in [6.07, 6.45) is 1.70. The van der Waals surface area contributed by atoms with Crippen molar-refractivity contribution < 1.29 is 4.42 Å². The van der Waals surface area contributed by atoms with Crippen LogP contribution in [0, 0.1) is 6.92 Å². The van der Waals surface area contributed by atoms with Crippen molar-refractivity contribution in [1.29, 1.82) is 0 Å². The van der Waals surface area contributed by atoms with Crippen molar-refractivity contribution in [2.24, 2.45) is 5.73 Å². The molecule has 3 nitrogen and oxygen atoms in total. The molecule has 0 bridgehead atoms. The predicted molar refractivity (Wildman–Crippen MR) is 74.7 cm³/mol. The van der Waals surface area contributed by atoms with E-state index in [-0.39, 0.29) is 6.04 Å². The highest BCUT2D eigenvalue weighted by molar-refractivity contribution is 5.54. The third kappa shape index (κ3) is 2.41. The first-order valence-electron chi connectivity index (χ1n) is 6.33. The molecule has 2 rings (SSSR count). The number of furan rings is 1. The van der Waals surface area contributed by atoms with Crippen molar-refractivity contribution in [3.8, 4) is 0 Å². The van der Waals surface area contributed by atoms with Crippen molar-refractivity contribution in [2.75, 3.05) is 18.0 Å². The number of hydrogen-bond donors (Lipinski definition) is 1. The predicted octanol–water partition coefficient (Wildman–Crippen LogP) is 3.11. The van der Waals surface area contributed by atoms with Gasteiger partial charge in [0.1, 0.15) is 5.76 Å². The third-order valence-electron chi connectivity index (χ3n) is 3.24. The summed E-state index contributed by atoms with van der Waals surface area (Å²) >= 11 is 0. The van der Waals surface area contributed by atoms with Gasteiger partial charge in [-0.1, -0.05) is 18.2 Å². The first-order chi connectivity index (χ1) is 8.77. The Morgan fingerprint density at radius 2 is 2.00 bits per heavy atom. The quantitative estimate of drug-likeness (QED) is 0.878. The van der Waals surface area contributed by atoms with E-state index in [9.17, 15) is 0 Å². The van der Waals surface area contributed by atoms with Crippen LogP contribution >= 0.6 is 0 Å². The Hall–Kier alpha value is -1.74. The standard InChI is InChI=1S/C15H20N2O/c1-3-17(13-8-5-4-7-12(13)2)14(11-16)15-9-6-10-18-15/h4-10,14H,3,11,16H2,1-2H3. The third-order valence-corrected chi connectivity index (χ3v) is 3.24. The Bertz CT molecular complexity index is 479. The maximum absolute atomic E-state index is 5.93. The fraction of sp³-hybridized carbons (Fsp3) is 0.333. The molecule has 0 spiro atoms. The van der Waals surface area contributed by atoms with Crippen molar-refractivity contribution in [3.63, 3.8) is 0 Å². The topological polar surface area (TPSA) is 42.4 Å². The molecular formula is C15H20N2O. The van der Waals surface area contributed by atoms with Crippen LogP contribution in [0.4, 0.5) is 5.69 Å². The summed E-state index contributed by atoms with van der Waals surface area (Å²) in [5.41, 5.74) is 8.39. The summed E-state index contributed by atoms with van der Waals surface area (Å²) in [6.45, 7) is 5.69. The average molecular weight is 244 g/mol. The summed E-state index contributed by atoms with van der Waals surface area (Å²) in [5, 5.41) is 0. The van der Waals surface area contributed by atoms with E-state index in [2.05, 4.69) is 43.0 Å². The van der Waals surface area contributed by atoms with Crippen LogP contribution in [0.2, 0.25) is 0 Å². The maximum atomic E-state index is 5.93. The Kier molecular flexibility index (Phi) is 4.05. The Morgan fingerprint density at radius 3 is 2.56 bits per heavy atom. The maximum Gasteiger partial charge on any atom is 0.127 e. The molecule has 1 aromatic carbocycles. The fourth-order valence-corrected chi connectivity index (χ4v) is 2.32. The van der Waals surface area contributed by atoms with Gasteiger partial charge in [0.15, 0.2) is 0 Å². The summed E-state index contributed by atoms with van der Waals surface area (Å²) in [5.74, 6) is 0.919. The highest BCUT2D eigenvalue weighted by atomic mass is 16.3. The van der Waals surface area contributed by atoms with Gasteiger partial charge in [0.25, 0.3) is 0 Å². The molecule has 0 aliphatic heterocycles. The minimum atomic E-state index is 0.0890. The largest absolute Gasteiger partial charge is 0.467 e. The van der Waals surface area contributed by atoms with Gasteiger partial charge in [-0.15, -0.1) is 0 Å². The van der Waals surface area contributed by atoms with E-state index < -0.39 is 0 Å². The van der Waals surface area contributed by atoms with Crippen LogP contribution in [0.15, 0.2) is 47.1 Å². The molecule has 1 heterocycles. The first-order valence-corrected chi connectivity index (χ1v) is 6.33. The highest BCUT2D eigenvalue weighted by Gasteiger charge is 2.21. The summed E-state index contributed by atoms with van der Waals surface area (Å²) in [7, 11) is 0. The molecule has 2 N–H and O–H groups in total. The van der Waals surface area contributed by atoms with Crippen molar-refractivity contribution >= 4 is 5.69 Å². The van der Waals surface area contributed by atoms with Gasteiger partial charge in [-0.25, -0.2) is 0 Å². The molecule has 0 amide bonds. The van der Waals surface area contributed by atoms with Crippen LogP contribution in [0.5, 0.6) is 0 Å². The SMILES string of the molecule is CCN(c1ccccc1C)C(CN)c1ccco1. The van der Waals surface area contributed by atoms with Gasteiger partial charge in [0.05, 0.1) is 12.3 Å². The van der Waals surface area contributed by atoms with Crippen molar-refractivity contribution in [1.82, 2.24) is 0 Å². The number of aryl methyl sites for hydroxylation is 1. The molecule has 3 heteroatoms. The van der Waals surface area contributed by atoms with Crippen LogP contribution in [0.3, 0.4) is 0 Å². The minimum Gasteiger partial charge on any atom is -0.467 e. The minimum absolute atomic E-state index is 0.0890. The molecule has 0 aliphatic rings. The Morgan fingerprint density at radius 1 is 1.22 bits per heavy atom. The van der Waals surface area contributed by atoms with Crippen molar-refractivity contribution in [3.05, 3.63) is 54.0 Å². The molecule has 0 saturated heterocycles. The van der Waals surface area contributed by atoms with E-state index in [1.807, 2.05) is 12.1 Å². The Labute approximate surface area is 108 Å². The van der Waals surface area contributed by atoms with Crippen LogP contribution in [-0.4, -0.2) is 13.1 Å². The van der Waals surface area contributed by atoms with Crippen molar-refractivity contribution in [2.45, 2.75) is 19.9 Å². The molecule has 0 aliphatic carbocycles. The smallest absolute Gasteiger partial charge is 0.127 e. The second-order valence-corrected chi connectivity index (χ2v) is 4.34. The lowest BCUT2D eigenvalue weighted by Gasteiger charge is -2.31. The molecule has 96 valence electrons. The number of benzene rings is 1. The Balaban J connectivity index is 2.35. The molecule has 1 aromatic heterocycles. The lowest BCUT2D eigenvalue weighted by molar-refractivity contribution is 0.453. The van der Waals surface area contributed by atoms with Gasteiger partial charge >= 0.3 is 0 Å². The number of nitrogens with two attached hydrogens (primary N) is 1. The van der Waals surface area contributed by atoms with E-state index in [1.165, 1.54) is 11.3 Å². The number of anilines is 1. The lowest BCUT2D eigenvalue weighted by Crippen LogP contribution is -2.33. The zero-order valence-electron chi connectivity index (χ0n) is 11.0. The zero-order chi connectivity index (χ0) is 13.0. The molecule has 2 aromatic rings. The summed E-state index contributed by atoms with van der Waals surface area (Å²) in [6, 6.07) is 12.3. The van der Waals surface area contributed by atoms with E-state index in [1.54, 1.807) is 6.26 Å². The molecule has 0 fully saturated rings. The van der Waals surface area contributed by atoms with Crippen LogP contribution in [0.1, 0.15) is 24.3 Å². The average Bonchev–Trinajstić information content (AvgIpc) is 2.90. The van der Waals surface area contributed by atoms with Gasteiger partial charge in [-0.05, 0) is 37.6 Å².